The van der Waals surface area contributed by atoms with Crippen LogP contribution in [-0.2, 0) is 4.79 Å². The largest absolute Gasteiger partial charge is 0.353 e. The van der Waals surface area contributed by atoms with E-state index in [1.165, 1.54) is 6.20 Å². The van der Waals surface area contributed by atoms with Crippen molar-refractivity contribution >= 4 is 40.6 Å². The Labute approximate surface area is 166 Å². The number of aryl methyl sites for hydroxylation is 1. The first kappa shape index (κ1) is 18.0. The maximum absolute atomic E-state index is 12.6. The second-order valence-corrected chi connectivity index (χ2v) is 7.40. The van der Waals surface area contributed by atoms with Crippen LogP contribution in [0.25, 0.3) is 5.65 Å². The number of anilines is 1. The van der Waals surface area contributed by atoms with E-state index in [4.69, 9.17) is 23.2 Å². The van der Waals surface area contributed by atoms with Crippen LogP contribution in [0.3, 0.4) is 0 Å². The van der Waals surface area contributed by atoms with Crippen LogP contribution < -0.4 is 10.2 Å². The highest BCUT2D eigenvalue weighted by Gasteiger charge is 2.35. The molecule has 0 aliphatic carbocycles. The minimum absolute atomic E-state index is 0.000284. The normalized spacial score (nSPS) is 15.6. The number of nitrogens with zero attached hydrogens (tertiary/aromatic N) is 5. The number of amides is 1. The summed E-state index contributed by atoms with van der Waals surface area (Å²) in [6.45, 7) is 5.01. The van der Waals surface area contributed by atoms with E-state index in [0.717, 1.165) is 17.0 Å². The van der Waals surface area contributed by atoms with Crippen molar-refractivity contribution < 1.29 is 4.79 Å². The summed E-state index contributed by atoms with van der Waals surface area (Å²) in [6, 6.07) is 5.70. The average molecular weight is 405 g/mol. The second kappa shape index (κ2) is 6.98. The standard InChI is InChI=1S/C18H18Cl2N6O/c1-10-15(26-6-4-3-5-14(26)22-10)11(2)23-17(27)12-8-25(9-12)16-13(19)7-21-18(20)24-16/h3-7,11-12H,8-9H2,1-2H3,(H,23,27). The van der Waals surface area contributed by atoms with Gasteiger partial charge in [-0.3, -0.25) is 4.79 Å². The Morgan fingerprint density at radius 2 is 2.07 bits per heavy atom. The Kier molecular flexibility index (Phi) is 4.65. The van der Waals surface area contributed by atoms with Gasteiger partial charge in [-0.1, -0.05) is 17.7 Å². The van der Waals surface area contributed by atoms with Gasteiger partial charge < -0.3 is 14.6 Å². The van der Waals surface area contributed by atoms with Crippen molar-refractivity contribution in [3.05, 3.63) is 52.3 Å². The number of nitrogens with one attached hydrogen (secondary N) is 1. The van der Waals surface area contributed by atoms with Crippen LogP contribution in [0.1, 0.15) is 24.4 Å². The van der Waals surface area contributed by atoms with Crippen molar-refractivity contribution in [1.82, 2.24) is 24.7 Å². The third kappa shape index (κ3) is 3.33. The molecule has 0 bridgehead atoms. The lowest BCUT2D eigenvalue weighted by Crippen LogP contribution is -2.54. The molecule has 1 N–H and O–H groups in total. The molecule has 0 saturated carbocycles. The van der Waals surface area contributed by atoms with Gasteiger partial charge in [0.05, 0.1) is 29.5 Å². The number of halogens is 2. The molecular weight excluding hydrogens is 387 g/mol. The number of carbonyl (C=O) groups is 1. The third-order valence-corrected chi connectivity index (χ3v) is 5.22. The monoisotopic (exact) mass is 404 g/mol. The Hall–Kier alpha value is -2.38. The van der Waals surface area contributed by atoms with Gasteiger partial charge >= 0.3 is 0 Å². The summed E-state index contributed by atoms with van der Waals surface area (Å²) in [7, 11) is 0. The summed E-state index contributed by atoms with van der Waals surface area (Å²) in [6.07, 6.45) is 3.43. The molecule has 1 atom stereocenters. The van der Waals surface area contributed by atoms with E-state index in [-0.39, 0.29) is 23.2 Å². The highest BCUT2D eigenvalue weighted by Crippen LogP contribution is 2.30. The summed E-state index contributed by atoms with van der Waals surface area (Å²) >= 11 is 12.0. The van der Waals surface area contributed by atoms with Gasteiger partial charge in [0.2, 0.25) is 11.2 Å². The molecule has 1 aliphatic rings. The molecule has 140 valence electrons. The molecule has 4 rings (SSSR count). The minimum atomic E-state index is -0.152. The lowest BCUT2D eigenvalue weighted by atomic mass is 9.98. The lowest BCUT2D eigenvalue weighted by Gasteiger charge is -2.39. The van der Waals surface area contributed by atoms with Gasteiger partial charge in [-0.2, -0.15) is 4.98 Å². The molecule has 1 unspecified atom stereocenters. The predicted octanol–water partition coefficient (Wildman–Crippen LogP) is 3.05. The molecule has 7 nitrogen and oxygen atoms in total. The number of aromatic nitrogens is 4. The first-order chi connectivity index (χ1) is 12.9. The number of hydrogen-bond donors (Lipinski definition) is 1. The third-order valence-electron chi connectivity index (χ3n) is 4.77. The predicted molar refractivity (Wildman–Crippen MR) is 104 cm³/mol. The molecule has 0 aromatic carbocycles. The molecular formula is C18H18Cl2N6O. The van der Waals surface area contributed by atoms with Crippen molar-refractivity contribution in [2.24, 2.45) is 5.92 Å². The van der Waals surface area contributed by atoms with Crippen molar-refractivity contribution in [1.29, 1.82) is 0 Å². The zero-order valence-corrected chi connectivity index (χ0v) is 16.4. The molecule has 3 aromatic rings. The second-order valence-electron chi connectivity index (χ2n) is 6.65. The Morgan fingerprint density at radius 1 is 1.30 bits per heavy atom. The Morgan fingerprint density at radius 3 is 2.85 bits per heavy atom. The number of carbonyl (C=O) groups excluding carboxylic acids is 1. The maximum Gasteiger partial charge on any atom is 0.227 e. The van der Waals surface area contributed by atoms with Gasteiger partial charge in [-0.05, 0) is 37.6 Å². The number of pyridine rings is 1. The van der Waals surface area contributed by atoms with Crippen molar-refractivity contribution in [2.75, 3.05) is 18.0 Å². The Bertz CT molecular complexity index is 1010. The lowest BCUT2D eigenvalue weighted by molar-refractivity contribution is -0.126. The zero-order chi connectivity index (χ0) is 19.1. The Balaban J connectivity index is 1.43. The number of rotatable bonds is 4. The molecule has 3 aromatic heterocycles. The summed E-state index contributed by atoms with van der Waals surface area (Å²) in [5, 5.41) is 3.66. The SMILES string of the molecule is Cc1nc2ccccn2c1C(C)NC(=O)C1CN(c2nc(Cl)ncc2Cl)C1. The fourth-order valence-corrected chi connectivity index (χ4v) is 3.77. The molecule has 1 amide bonds. The van der Waals surface area contributed by atoms with E-state index in [2.05, 4.69) is 20.3 Å². The van der Waals surface area contributed by atoms with E-state index >= 15 is 0 Å². The maximum atomic E-state index is 12.6. The van der Waals surface area contributed by atoms with Gasteiger partial charge in [-0.15, -0.1) is 0 Å². The molecule has 0 radical (unpaired) electrons. The summed E-state index contributed by atoms with van der Waals surface area (Å²) in [5.74, 6) is 0.434. The van der Waals surface area contributed by atoms with Gasteiger partial charge in [-0.25, -0.2) is 9.97 Å². The van der Waals surface area contributed by atoms with E-state index < -0.39 is 0 Å². The first-order valence-electron chi connectivity index (χ1n) is 8.61. The molecule has 9 heteroatoms. The number of imidazole rings is 1. The van der Waals surface area contributed by atoms with Crippen molar-refractivity contribution in [3.8, 4) is 0 Å². The zero-order valence-electron chi connectivity index (χ0n) is 14.9. The van der Waals surface area contributed by atoms with Crippen LogP contribution in [0.2, 0.25) is 10.3 Å². The van der Waals surface area contributed by atoms with Crippen molar-refractivity contribution in [2.45, 2.75) is 19.9 Å². The van der Waals surface area contributed by atoms with Crippen LogP contribution in [0.15, 0.2) is 30.6 Å². The number of hydrogen-bond acceptors (Lipinski definition) is 5. The topological polar surface area (TPSA) is 75.4 Å². The summed E-state index contributed by atoms with van der Waals surface area (Å²) < 4.78 is 2.01. The minimum Gasteiger partial charge on any atom is -0.353 e. The summed E-state index contributed by atoms with van der Waals surface area (Å²) in [4.78, 5) is 27.1. The molecule has 4 heterocycles. The highest BCUT2D eigenvalue weighted by atomic mass is 35.5. The molecule has 27 heavy (non-hydrogen) atoms. The van der Waals surface area contributed by atoms with Crippen LogP contribution in [0, 0.1) is 12.8 Å². The average Bonchev–Trinajstić information content (AvgIpc) is 2.92. The molecule has 1 fully saturated rings. The highest BCUT2D eigenvalue weighted by molar-refractivity contribution is 6.33. The quantitative estimate of drug-likeness (QED) is 0.676. The van der Waals surface area contributed by atoms with E-state index in [9.17, 15) is 4.79 Å². The van der Waals surface area contributed by atoms with Gasteiger partial charge in [0.25, 0.3) is 0 Å². The van der Waals surface area contributed by atoms with Crippen LogP contribution in [0.4, 0.5) is 5.82 Å². The summed E-state index contributed by atoms with van der Waals surface area (Å²) in [5.41, 5.74) is 2.77. The van der Waals surface area contributed by atoms with Gasteiger partial charge in [0.15, 0.2) is 5.82 Å². The molecule has 1 aliphatic heterocycles. The van der Waals surface area contributed by atoms with Crippen LogP contribution in [-0.4, -0.2) is 38.3 Å². The molecule has 1 saturated heterocycles. The van der Waals surface area contributed by atoms with Gasteiger partial charge in [0.1, 0.15) is 10.7 Å². The van der Waals surface area contributed by atoms with Gasteiger partial charge in [0, 0.05) is 19.3 Å². The van der Waals surface area contributed by atoms with E-state index in [0.29, 0.717) is 23.9 Å². The van der Waals surface area contributed by atoms with E-state index in [1.54, 1.807) is 0 Å². The molecule has 0 spiro atoms. The van der Waals surface area contributed by atoms with E-state index in [1.807, 2.05) is 47.5 Å². The smallest absolute Gasteiger partial charge is 0.227 e. The van der Waals surface area contributed by atoms with Crippen LogP contribution >= 0.6 is 23.2 Å². The first-order valence-corrected chi connectivity index (χ1v) is 9.36. The van der Waals surface area contributed by atoms with Crippen molar-refractivity contribution in [3.63, 3.8) is 0 Å². The number of fused-ring (bicyclic) bond motifs is 1. The fourth-order valence-electron chi connectivity index (χ4n) is 3.43. The van der Waals surface area contributed by atoms with Crippen LogP contribution in [0.5, 0.6) is 0 Å². The fraction of sp³-hybridized carbons (Fsp3) is 0.333.